The largest absolute Gasteiger partial charge is 0.375 e. The lowest BCUT2D eigenvalue weighted by Crippen LogP contribution is -2.43. The van der Waals surface area contributed by atoms with E-state index in [1.54, 1.807) is 0 Å². The molecule has 5 unspecified atom stereocenters. The predicted molar refractivity (Wildman–Crippen MR) is 60.3 cm³/mol. The van der Waals surface area contributed by atoms with E-state index in [4.69, 9.17) is 4.74 Å². The average molecular weight is 199 g/mol. The quantitative estimate of drug-likeness (QED) is 0.753. The van der Waals surface area contributed by atoms with Gasteiger partial charge in [-0.05, 0) is 32.7 Å². The second-order valence-electron chi connectivity index (χ2n) is 5.04. The highest BCUT2D eigenvalue weighted by molar-refractivity contribution is 4.92. The van der Waals surface area contributed by atoms with Crippen molar-refractivity contribution in [2.24, 2.45) is 17.8 Å². The van der Waals surface area contributed by atoms with E-state index < -0.39 is 0 Å². The maximum absolute atomic E-state index is 5.88. The van der Waals surface area contributed by atoms with E-state index in [0.29, 0.717) is 36.0 Å². The average Bonchev–Trinajstić information content (AvgIpc) is 2.32. The summed E-state index contributed by atoms with van der Waals surface area (Å²) in [5, 5.41) is 3.44. The Bertz CT molecular complexity index is 181. The summed E-state index contributed by atoms with van der Waals surface area (Å²) in [4.78, 5) is 0. The lowest BCUT2D eigenvalue weighted by molar-refractivity contribution is 0.0457. The molecule has 5 atom stereocenters. The zero-order valence-corrected chi connectivity index (χ0v) is 10.4. The van der Waals surface area contributed by atoms with Crippen molar-refractivity contribution in [3.63, 3.8) is 0 Å². The molecule has 0 aromatic rings. The molecular formula is C12H25NO. The number of rotatable bonds is 3. The van der Waals surface area contributed by atoms with Gasteiger partial charge in [0.15, 0.2) is 0 Å². The van der Waals surface area contributed by atoms with E-state index in [2.05, 4.69) is 47.0 Å². The molecule has 0 aliphatic carbocycles. The molecule has 84 valence electrons. The van der Waals surface area contributed by atoms with E-state index in [-0.39, 0.29) is 0 Å². The van der Waals surface area contributed by atoms with Crippen molar-refractivity contribution in [1.82, 2.24) is 5.32 Å². The Morgan fingerprint density at radius 1 is 1.07 bits per heavy atom. The normalized spacial score (nSPS) is 40.5. The third-order valence-corrected chi connectivity index (χ3v) is 3.79. The minimum atomic E-state index is 0.389. The van der Waals surface area contributed by atoms with E-state index in [0.717, 1.165) is 0 Å². The van der Waals surface area contributed by atoms with Crippen molar-refractivity contribution in [2.75, 3.05) is 7.05 Å². The van der Waals surface area contributed by atoms with Crippen LogP contribution in [-0.2, 0) is 4.74 Å². The summed E-state index contributed by atoms with van der Waals surface area (Å²) in [6.45, 7) is 11.3. The Balaban J connectivity index is 2.74. The molecule has 0 bridgehead atoms. The van der Waals surface area contributed by atoms with E-state index >= 15 is 0 Å². The van der Waals surface area contributed by atoms with Gasteiger partial charge >= 0.3 is 0 Å². The van der Waals surface area contributed by atoms with Crippen molar-refractivity contribution >= 4 is 0 Å². The van der Waals surface area contributed by atoms with Gasteiger partial charge in [0, 0.05) is 12.0 Å². The molecule has 1 heterocycles. The predicted octanol–water partition coefficient (Wildman–Crippen LogP) is 2.29. The molecule has 1 rings (SSSR count). The first kappa shape index (κ1) is 12.0. The van der Waals surface area contributed by atoms with Crippen LogP contribution in [0.15, 0.2) is 0 Å². The van der Waals surface area contributed by atoms with Gasteiger partial charge in [-0.2, -0.15) is 0 Å². The second-order valence-corrected chi connectivity index (χ2v) is 5.04. The van der Waals surface area contributed by atoms with Crippen LogP contribution in [-0.4, -0.2) is 25.3 Å². The number of hydrogen-bond donors (Lipinski definition) is 1. The van der Waals surface area contributed by atoms with Crippen molar-refractivity contribution in [1.29, 1.82) is 0 Å². The van der Waals surface area contributed by atoms with Crippen molar-refractivity contribution < 1.29 is 4.74 Å². The van der Waals surface area contributed by atoms with Crippen LogP contribution in [0.25, 0.3) is 0 Å². The van der Waals surface area contributed by atoms with Crippen LogP contribution in [0.2, 0.25) is 0 Å². The van der Waals surface area contributed by atoms with Gasteiger partial charge in [0.05, 0.1) is 12.2 Å². The summed E-state index contributed by atoms with van der Waals surface area (Å²) >= 11 is 0. The molecule has 0 saturated carbocycles. The lowest BCUT2D eigenvalue weighted by atomic mass is 9.79. The Labute approximate surface area is 88.4 Å². The number of ether oxygens (including phenoxy) is 1. The molecule has 1 fully saturated rings. The molecule has 0 aromatic carbocycles. The fourth-order valence-corrected chi connectivity index (χ4v) is 2.88. The fraction of sp³-hybridized carbons (Fsp3) is 1.00. The van der Waals surface area contributed by atoms with Gasteiger partial charge in [-0.25, -0.2) is 0 Å². The maximum Gasteiger partial charge on any atom is 0.0597 e. The SMILES string of the molecule is CNC(C(C)C)C1C(C)OC(C)C1C. The molecule has 1 N–H and O–H groups in total. The summed E-state index contributed by atoms with van der Waals surface area (Å²) < 4.78 is 5.88. The molecule has 1 aliphatic heterocycles. The molecule has 2 nitrogen and oxygen atoms in total. The van der Waals surface area contributed by atoms with E-state index in [1.165, 1.54) is 0 Å². The van der Waals surface area contributed by atoms with Crippen LogP contribution < -0.4 is 5.32 Å². The molecule has 0 amide bonds. The first-order valence-electron chi connectivity index (χ1n) is 5.81. The minimum Gasteiger partial charge on any atom is -0.375 e. The van der Waals surface area contributed by atoms with Crippen molar-refractivity contribution in [3.8, 4) is 0 Å². The van der Waals surface area contributed by atoms with Crippen LogP contribution in [0, 0.1) is 17.8 Å². The Morgan fingerprint density at radius 2 is 1.64 bits per heavy atom. The molecule has 1 aliphatic rings. The molecule has 0 spiro atoms. The molecule has 2 heteroatoms. The monoisotopic (exact) mass is 199 g/mol. The number of nitrogens with one attached hydrogen (secondary N) is 1. The topological polar surface area (TPSA) is 21.3 Å². The Morgan fingerprint density at radius 3 is 1.93 bits per heavy atom. The van der Waals surface area contributed by atoms with Gasteiger partial charge in [0.25, 0.3) is 0 Å². The maximum atomic E-state index is 5.88. The summed E-state index contributed by atoms with van der Waals surface area (Å²) in [6, 6.07) is 0.574. The third-order valence-electron chi connectivity index (χ3n) is 3.79. The standard InChI is InChI=1S/C12H25NO/c1-7(2)12(13-6)11-8(3)9(4)14-10(11)5/h7-13H,1-6H3. The van der Waals surface area contributed by atoms with Gasteiger partial charge < -0.3 is 10.1 Å². The van der Waals surface area contributed by atoms with Crippen LogP contribution in [0.5, 0.6) is 0 Å². The molecule has 0 radical (unpaired) electrons. The summed E-state index contributed by atoms with van der Waals surface area (Å²) in [6.07, 6.45) is 0.796. The Hall–Kier alpha value is -0.0800. The van der Waals surface area contributed by atoms with Gasteiger partial charge in [-0.15, -0.1) is 0 Å². The summed E-state index contributed by atoms with van der Waals surface area (Å²) in [5.74, 6) is 1.98. The van der Waals surface area contributed by atoms with Gasteiger partial charge in [0.2, 0.25) is 0 Å². The van der Waals surface area contributed by atoms with Crippen LogP contribution in [0.1, 0.15) is 34.6 Å². The highest BCUT2D eigenvalue weighted by atomic mass is 16.5. The smallest absolute Gasteiger partial charge is 0.0597 e. The van der Waals surface area contributed by atoms with Gasteiger partial charge in [-0.1, -0.05) is 20.8 Å². The van der Waals surface area contributed by atoms with Crippen molar-refractivity contribution in [3.05, 3.63) is 0 Å². The zero-order chi connectivity index (χ0) is 10.9. The highest BCUT2D eigenvalue weighted by Gasteiger charge is 2.41. The molecule has 14 heavy (non-hydrogen) atoms. The summed E-state index contributed by atoms with van der Waals surface area (Å²) in [5.41, 5.74) is 0. The molecule has 0 aromatic heterocycles. The zero-order valence-electron chi connectivity index (χ0n) is 10.4. The van der Waals surface area contributed by atoms with E-state index in [1.807, 2.05) is 0 Å². The van der Waals surface area contributed by atoms with Crippen LogP contribution in [0.4, 0.5) is 0 Å². The number of hydrogen-bond acceptors (Lipinski definition) is 2. The minimum absolute atomic E-state index is 0.389. The van der Waals surface area contributed by atoms with Crippen LogP contribution in [0.3, 0.4) is 0 Å². The first-order chi connectivity index (χ1) is 6.49. The summed E-state index contributed by atoms with van der Waals surface area (Å²) in [7, 11) is 2.06. The second kappa shape index (κ2) is 4.63. The van der Waals surface area contributed by atoms with Crippen LogP contribution >= 0.6 is 0 Å². The lowest BCUT2D eigenvalue weighted by Gasteiger charge is -2.31. The highest BCUT2D eigenvalue weighted by Crippen LogP contribution is 2.36. The van der Waals surface area contributed by atoms with Gasteiger partial charge in [0.1, 0.15) is 0 Å². The fourth-order valence-electron chi connectivity index (χ4n) is 2.88. The van der Waals surface area contributed by atoms with Crippen molar-refractivity contribution in [2.45, 2.75) is 52.9 Å². The van der Waals surface area contributed by atoms with Gasteiger partial charge in [-0.3, -0.25) is 0 Å². The first-order valence-corrected chi connectivity index (χ1v) is 5.81. The third kappa shape index (κ3) is 2.12. The Kier molecular flexibility index (Phi) is 3.96. The van der Waals surface area contributed by atoms with E-state index in [9.17, 15) is 0 Å². The molecule has 1 saturated heterocycles. The molecular weight excluding hydrogens is 174 g/mol.